The molecule has 2 nitrogen and oxygen atoms in total. The smallest absolute Gasteiger partial charge is 0.109 e. The Morgan fingerprint density at radius 1 is 1.24 bits per heavy atom. The molecule has 0 aliphatic rings. The highest BCUT2D eigenvalue weighted by atomic mass is 35.5. The molecule has 2 N–H and O–H groups in total. The summed E-state index contributed by atoms with van der Waals surface area (Å²) in [5.74, 6) is 0. The van der Waals surface area contributed by atoms with Crippen molar-refractivity contribution in [2.24, 2.45) is 0 Å². The Bertz CT molecular complexity index is 849. The molecule has 0 saturated heterocycles. The number of nitrogens with one attached hydrogen (secondary N) is 2. The molecular weight excluding hydrogens is 340 g/mol. The molecule has 2 aromatic heterocycles. The third-order valence-electron chi connectivity index (χ3n) is 3.11. The molecule has 3 aromatic rings. The van der Waals surface area contributed by atoms with E-state index in [0.717, 1.165) is 30.9 Å². The molecular formula is C15H11ClN2S3. The van der Waals surface area contributed by atoms with Gasteiger partial charge in [-0.2, -0.15) is 0 Å². The third kappa shape index (κ3) is 3.16. The number of thiocarbonyl (C=S) groups is 1. The molecule has 6 heteroatoms. The monoisotopic (exact) mass is 350 g/mol. The highest BCUT2D eigenvalue weighted by Crippen LogP contribution is 2.21. The number of fused-ring (bicyclic) bond motifs is 1. The summed E-state index contributed by atoms with van der Waals surface area (Å²) in [5, 5.41) is 7.03. The van der Waals surface area contributed by atoms with Crippen LogP contribution < -0.4 is 5.32 Å². The van der Waals surface area contributed by atoms with Gasteiger partial charge in [-0.1, -0.05) is 48.2 Å². The van der Waals surface area contributed by atoms with Gasteiger partial charge in [0, 0.05) is 28.7 Å². The van der Waals surface area contributed by atoms with Crippen molar-refractivity contribution in [2.45, 2.75) is 6.54 Å². The average Bonchev–Trinajstić information content (AvgIpc) is 2.96. The predicted molar refractivity (Wildman–Crippen MR) is 97.0 cm³/mol. The van der Waals surface area contributed by atoms with Crippen LogP contribution in [0.4, 0.5) is 0 Å². The van der Waals surface area contributed by atoms with Crippen LogP contribution >= 0.6 is 47.4 Å². The minimum Gasteiger partial charge on any atom is -0.372 e. The molecule has 0 radical (unpaired) electrons. The largest absolute Gasteiger partial charge is 0.372 e. The van der Waals surface area contributed by atoms with Crippen molar-refractivity contribution in [3.8, 4) is 0 Å². The summed E-state index contributed by atoms with van der Waals surface area (Å²) >= 11 is 18.5. The summed E-state index contributed by atoms with van der Waals surface area (Å²) in [6.45, 7) is 0.645. The molecule has 1 aromatic carbocycles. The Morgan fingerprint density at radius 2 is 2.00 bits per heavy atom. The molecule has 0 atom stereocenters. The maximum atomic E-state index is 5.87. The lowest BCUT2D eigenvalue weighted by molar-refractivity contribution is 0.928. The lowest BCUT2D eigenvalue weighted by Crippen LogP contribution is -2.22. The fourth-order valence-corrected chi connectivity index (χ4v) is 3.58. The predicted octanol–water partition coefficient (Wildman–Crippen LogP) is 5.08. The van der Waals surface area contributed by atoms with Crippen molar-refractivity contribution in [2.75, 3.05) is 0 Å². The van der Waals surface area contributed by atoms with Gasteiger partial charge in [0.15, 0.2) is 0 Å². The lowest BCUT2D eigenvalue weighted by Gasteiger charge is -2.09. The second-order valence-electron chi connectivity index (χ2n) is 4.50. The number of pyridine rings is 1. The molecule has 0 amide bonds. The zero-order valence-electron chi connectivity index (χ0n) is 10.9. The minimum absolute atomic E-state index is 0.645. The Balaban J connectivity index is 1.79. The van der Waals surface area contributed by atoms with Crippen molar-refractivity contribution in [3.63, 3.8) is 0 Å². The van der Waals surface area contributed by atoms with E-state index in [1.54, 1.807) is 11.3 Å². The molecule has 0 aliphatic heterocycles. The van der Waals surface area contributed by atoms with Crippen LogP contribution in [0.25, 0.3) is 10.2 Å². The topological polar surface area (TPSA) is 27.8 Å². The molecule has 2 heterocycles. The molecule has 0 aliphatic carbocycles. The third-order valence-corrected chi connectivity index (χ3v) is 5.01. The highest BCUT2D eigenvalue weighted by Gasteiger charge is 2.07. The van der Waals surface area contributed by atoms with Gasteiger partial charge in [-0.15, -0.1) is 11.3 Å². The van der Waals surface area contributed by atoms with Crippen LogP contribution in [-0.2, 0) is 6.54 Å². The van der Waals surface area contributed by atoms with E-state index in [-0.39, 0.29) is 0 Å². The summed E-state index contributed by atoms with van der Waals surface area (Å²) in [5.41, 5.74) is 1.98. The molecule has 0 bridgehead atoms. The molecule has 0 unspecified atom stereocenters. The van der Waals surface area contributed by atoms with E-state index in [0.29, 0.717) is 11.5 Å². The lowest BCUT2D eigenvalue weighted by atomic mass is 10.2. The first-order valence-electron chi connectivity index (χ1n) is 6.26. The highest BCUT2D eigenvalue weighted by molar-refractivity contribution is 7.80. The first-order chi connectivity index (χ1) is 10.1. The van der Waals surface area contributed by atoms with E-state index in [1.165, 1.54) is 0 Å². The summed E-state index contributed by atoms with van der Waals surface area (Å²) in [6.07, 6.45) is 1.87. The van der Waals surface area contributed by atoms with Crippen LogP contribution in [0.15, 0.2) is 41.9 Å². The van der Waals surface area contributed by atoms with Crippen LogP contribution in [0, 0.1) is 4.51 Å². The van der Waals surface area contributed by atoms with Crippen LogP contribution in [0.2, 0.25) is 5.02 Å². The van der Waals surface area contributed by atoms with Crippen LogP contribution in [-0.4, -0.2) is 9.97 Å². The van der Waals surface area contributed by atoms with Gasteiger partial charge in [-0.3, -0.25) is 0 Å². The van der Waals surface area contributed by atoms with E-state index in [4.69, 9.17) is 36.0 Å². The van der Waals surface area contributed by atoms with Crippen molar-refractivity contribution in [1.29, 1.82) is 0 Å². The second kappa shape index (κ2) is 6.23. The minimum atomic E-state index is 0.645. The maximum Gasteiger partial charge on any atom is 0.109 e. The number of halogens is 1. The fourth-order valence-electron chi connectivity index (χ4n) is 2.00. The van der Waals surface area contributed by atoms with Crippen LogP contribution in [0.5, 0.6) is 0 Å². The van der Waals surface area contributed by atoms with Gasteiger partial charge in [0.25, 0.3) is 0 Å². The van der Waals surface area contributed by atoms with E-state index in [9.17, 15) is 0 Å². The number of H-pyrrole nitrogens is 1. The molecule has 3 rings (SSSR count). The van der Waals surface area contributed by atoms with Gasteiger partial charge >= 0.3 is 0 Å². The first kappa shape index (κ1) is 14.7. The number of aromatic nitrogens is 1. The van der Waals surface area contributed by atoms with Gasteiger partial charge < -0.3 is 10.3 Å². The van der Waals surface area contributed by atoms with Crippen LogP contribution in [0.3, 0.4) is 0 Å². The summed E-state index contributed by atoms with van der Waals surface area (Å²) in [6, 6.07) is 9.70. The zero-order chi connectivity index (χ0) is 14.8. The van der Waals surface area contributed by atoms with Crippen molar-refractivity contribution >= 4 is 62.6 Å². The Hall–Kier alpha value is -1.27. The van der Waals surface area contributed by atoms with Crippen molar-refractivity contribution in [3.05, 3.63) is 62.6 Å². The maximum absolute atomic E-state index is 5.87. The SMILES string of the molecule is S=C(NCc1ccc(Cl)cc1)c1c[nH]c2sccc2c1=S. The second-order valence-corrected chi connectivity index (χ2v) is 6.67. The quantitative estimate of drug-likeness (QED) is 0.645. The molecule has 106 valence electrons. The van der Waals surface area contributed by atoms with E-state index in [2.05, 4.69) is 10.3 Å². The van der Waals surface area contributed by atoms with Gasteiger partial charge in [-0.25, -0.2) is 0 Å². The number of hydrogen-bond acceptors (Lipinski definition) is 3. The number of rotatable bonds is 3. The Kier molecular flexibility index (Phi) is 4.35. The number of thiophene rings is 1. The normalized spacial score (nSPS) is 10.7. The Morgan fingerprint density at radius 3 is 2.76 bits per heavy atom. The van der Waals surface area contributed by atoms with Crippen LogP contribution in [0.1, 0.15) is 11.1 Å². The standard InChI is InChI=1S/C15H11ClN2S3/c16-10-3-1-9(2-4-10)7-17-14(20)12-8-18-15-11(13(12)19)5-6-21-15/h1-6,8H,7H2,(H,17,20)(H,18,19). The first-order valence-corrected chi connectivity index (χ1v) is 8.34. The number of aromatic amines is 1. The summed E-state index contributed by atoms with van der Waals surface area (Å²) in [7, 11) is 0. The van der Waals surface area contributed by atoms with E-state index in [1.807, 2.05) is 41.9 Å². The zero-order valence-corrected chi connectivity index (χ0v) is 14.1. The van der Waals surface area contributed by atoms with Gasteiger partial charge in [0.2, 0.25) is 0 Å². The average molecular weight is 351 g/mol. The van der Waals surface area contributed by atoms with E-state index < -0.39 is 0 Å². The van der Waals surface area contributed by atoms with Gasteiger partial charge in [0.1, 0.15) is 9.82 Å². The number of benzene rings is 1. The molecule has 0 spiro atoms. The molecule has 21 heavy (non-hydrogen) atoms. The Labute approximate surface area is 141 Å². The molecule has 0 fully saturated rings. The van der Waals surface area contributed by atoms with Crippen molar-refractivity contribution < 1.29 is 0 Å². The van der Waals surface area contributed by atoms with Crippen molar-refractivity contribution in [1.82, 2.24) is 10.3 Å². The van der Waals surface area contributed by atoms with Gasteiger partial charge in [-0.05, 0) is 29.1 Å². The molecule has 0 saturated carbocycles. The number of hydrogen-bond donors (Lipinski definition) is 2. The fraction of sp³-hybridized carbons (Fsp3) is 0.0667. The van der Waals surface area contributed by atoms with E-state index >= 15 is 0 Å². The summed E-state index contributed by atoms with van der Waals surface area (Å²) in [4.78, 5) is 4.96. The summed E-state index contributed by atoms with van der Waals surface area (Å²) < 4.78 is 0.790. The van der Waals surface area contributed by atoms with Gasteiger partial charge in [0.05, 0.1) is 4.51 Å².